The molecule has 1 aliphatic heterocycles. The van der Waals surface area contributed by atoms with Crippen molar-refractivity contribution in [3.63, 3.8) is 0 Å². The Labute approximate surface area is 245 Å². The molecule has 1 unspecified atom stereocenters. The number of halogens is 1. The lowest BCUT2D eigenvalue weighted by Crippen LogP contribution is -2.53. The zero-order valence-electron chi connectivity index (χ0n) is 24.7. The molecule has 9 nitrogen and oxygen atoms in total. The van der Waals surface area contributed by atoms with Gasteiger partial charge in [0.05, 0.1) is 16.8 Å². The summed E-state index contributed by atoms with van der Waals surface area (Å²) in [5, 5.41) is 2.81. The number of nitrogens with zero attached hydrogens (tertiary/aromatic N) is 4. The second kappa shape index (κ2) is 15.1. The number of Topliss-reactive ketones (excluding diaryl/α,β-unsaturated/α-hetero) is 1. The number of rotatable bonds is 9. The summed E-state index contributed by atoms with van der Waals surface area (Å²) in [6.45, 7) is 9.03. The van der Waals surface area contributed by atoms with Crippen LogP contribution in [0.3, 0.4) is 0 Å². The van der Waals surface area contributed by atoms with Crippen molar-refractivity contribution in [3.8, 4) is 0 Å². The van der Waals surface area contributed by atoms with E-state index in [1.165, 1.54) is 19.2 Å². The first-order valence-corrected chi connectivity index (χ1v) is 15.3. The van der Waals surface area contributed by atoms with E-state index in [0.717, 1.165) is 12.0 Å². The van der Waals surface area contributed by atoms with Crippen molar-refractivity contribution in [2.75, 3.05) is 45.8 Å². The van der Waals surface area contributed by atoms with Crippen LogP contribution in [-0.4, -0.2) is 88.8 Å². The molecule has 0 saturated carbocycles. The minimum atomic E-state index is -0.738. The van der Waals surface area contributed by atoms with Crippen molar-refractivity contribution in [2.24, 2.45) is 0 Å². The fraction of sp³-hybridized carbons (Fsp3) is 0.467. The molecule has 2 amide bonds. The van der Waals surface area contributed by atoms with E-state index in [1.54, 1.807) is 47.6 Å². The third-order valence-corrected chi connectivity index (χ3v) is 6.82. The van der Waals surface area contributed by atoms with E-state index in [2.05, 4.69) is 15.2 Å². The van der Waals surface area contributed by atoms with Crippen molar-refractivity contribution in [3.05, 3.63) is 64.7 Å². The van der Waals surface area contributed by atoms with Crippen LogP contribution in [0, 0.1) is 12.7 Å². The normalized spacial score (nSPS) is 15.4. The van der Waals surface area contributed by atoms with E-state index in [1.807, 2.05) is 31.3 Å². The highest BCUT2D eigenvalue weighted by Gasteiger charge is 2.30. The molecule has 1 N–H and O–H groups in total. The minimum Gasteiger partial charge on any atom is -0.361 e. The number of aryl methyl sites for hydroxylation is 1. The Balaban J connectivity index is 0.00000147. The minimum absolute atomic E-state index is 0.0641. The van der Waals surface area contributed by atoms with Crippen molar-refractivity contribution in [1.29, 1.82) is 0 Å². The van der Waals surface area contributed by atoms with Crippen LogP contribution in [0.25, 0.3) is 11.0 Å². The largest absolute Gasteiger partial charge is 0.361 e. The molecule has 1 fully saturated rings. The maximum atomic E-state index is 13.7. The highest BCUT2D eigenvalue weighted by atomic mass is 32.2. The summed E-state index contributed by atoms with van der Waals surface area (Å²) in [5.41, 5.74) is 2.62. The second-order valence-corrected chi connectivity index (χ2v) is 10.9. The first-order valence-electron chi connectivity index (χ1n) is 13.7. The zero-order valence-corrected chi connectivity index (χ0v) is 25.5. The molecule has 0 radical (unpaired) electrons. The van der Waals surface area contributed by atoms with Gasteiger partial charge in [0.1, 0.15) is 18.2 Å². The van der Waals surface area contributed by atoms with Crippen LogP contribution in [0.4, 0.5) is 4.39 Å². The number of thioether (sulfide) groups is 1. The average molecular weight is 586 g/mol. The van der Waals surface area contributed by atoms with Gasteiger partial charge in [-0.05, 0) is 56.5 Å². The monoisotopic (exact) mass is 585 g/mol. The second-order valence-electron chi connectivity index (χ2n) is 10.1. The number of hydrogen-bond acceptors (Lipinski definition) is 7. The quantitative estimate of drug-likeness (QED) is 0.229. The maximum absolute atomic E-state index is 13.7. The third kappa shape index (κ3) is 7.93. The third-order valence-electron chi connectivity index (χ3n) is 6.82. The van der Waals surface area contributed by atoms with E-state index in [-0.39, 0.29) is 30.1 Å². The lowest BCUT2D eigenvalue weighted by atomic mass is 10.0. The number of ether oxygens (including phenoxy) is 1. The fourth-order valence-electron chi connectivity index (χ4n) is 4.82. The highest BCUT2D eigenvalue weighted by Crippen LogP contribution is 2.26. The van der Waals surface area contributed by atoms with Gasteiger partial charge in [0, 0.05) is 57.5 Å². The summed E-state index contributed by atoms with van der Waals surface area (Å²) >= 11 is 1.75. The molecule has 1 aromatic carbocycles. The summed E-state index contributed by atoms with van der Waals surface area (Å²) in [4.78, 5) is 47.4. The van der Waals surface area contributed by atoms with Crippen molar-refractivity contribution >= 4 is 40.4 Å². The zero-order chi connectivity index (χ0) is 30.1. The number of ketones is 1. The van der Waals surface area contributed by atoms with Crippen molar-refractivity contribution in [2.45, 2.75) is 46.5 Å². The first-order chi connectivity index (χ1) is 19.6. The maximum Gasteiger partial charge on any atom is 0.292 e. The predicted molar refractivity (Wildman–Crippen MR) is 161 cm³/mol. The van der Waals surface area contributed by atoms with Gasteiger partial charge in [-0.3, -0.25) is 19.3 Å². The van der Waals surface area contributed by atoms with Crippen LogP contribution in [0.1, 0.15) is 52.2 Å². The number of benzene rings is 1. The van der Waals surface area contributed by atoms with Crippen LogP contribution in [0.5, 0.6) is 0 Å². The van der Waals surface area contributed by atoms with Crippen LogP contribution in [0.15, 0.2) is 36.5 Å². The summed E-state index contributed by atoms with van der Waals surface area (Å²) in [6.07, 6.45) is 6.49. The number of fused-ring (bicyclic) bond motifs is 1. The Morgan fingerprint density at radius 2 is 1.83 bits per heavy atom. The Bertz CT molecular complexity index is 1360. The van der Waals surface area contributed by atoms with Crippen LogP contribution >= 0.6 is 11.8 Å². The molecule has 3 aromatic rings. The number of carbonyl (C=O) groups is 3. The number of nitrogens with one attached hydrogen (secondary N) is 1. The van der Waals surface area contributed by atoms with Crippen molar-refractivity contribution in [1.82, 2.24) is 24.7 Å². The van der Waals surface area contributed by atoms with Gasteiger partial charge < -0.3 is 19.5 Å². The molecule has 222 valence electrons. The number of amides is 2. The number of likely N-dealkylation sites (N-methyl/N-ethyl adjacent to an activating group) is 1. The SMILES string of the molecule is CCCOCn1cc(C(=O)C(=O)NC)c2cc(C(=O)N3CCN(Cc4ccc(F)cc4)CC3C)c(C)nc21.CSC. The molecule has 4 rings (SSSR count). The number of pyridine rings is 1. The van der Waals surface area contributed by atoms with Gasteiger partial charge in [-0.15, -0.1) is 0 Å². The van der Waals surface area contributed by atoms with Gasteiger partial charge in [-0.1, -0.05) is 19.1 Å². The highest BCUT2D eigenvalue weighted by molar-refractivity contribution is 7.97. The molecule has 41 heavy (non-hydrogen) atoms. The van der Waals surface area contributed by atoms with E-state index in [9.17, 15) is 18.8 Å². The number of hydrogen-bond donors (Lipinski definition) is 1. The molecule has 0 aliphatic carbocycles. The van der Waals surface area contributed by atoms with Crippen molar-refractivity contribution < 1.29 is 23.5 Å². The molecule has 1 aliphatic rings. The number of aromatic nitrogens is 2. The molecule has 0 spiro atoms. The lowest BCUT2D eigenvalue weighted by Gasteiger charge is -2.40. The summed E-state index contributed by atoms with van der Waals surface area (Å²) < 4.78 is 20.6. The standard InChI is InChI=1S/C28H34FN5O4.C2H6S/c1-5-12-38-17-33-16-24(25(35)27(36)30-4)23-13-22(19(3)31-26(23)33)28(37)34-11-10-32(14-18(34)2)15-20-6-8-21(29)9-7-20;1-3-2/h6-9,13,16,18H,5,10-12,14-15,17H2,1-4H3,(H,30,36);1-2H3. The van der Waals surface area contributed by atoms with E-state index in [0.29, 0.717) is 55.1 Å². The van der Waals surface area contributed by atoms with Gasteiger partial charge in [0.15, 0.2) is 0 Å². The van der Waals surface area contributed by atoms with Crippen LogP contribution in [0.2, 0.25) is 0 Å². The molecule has 1 saturated heterocycles. The molecule has 11 heteroatoms. The first kappa shape index (κ1) is 32.2. The van der Waals surface area contributed by atoms with Gasteiger partial charge in [0.25, 0.3) is 17.6 Å². The topological polar surface area (TPSA) is 96.8 Å². The Hall–Kier alpha value is -3.28. The molecule has 3 heterocycles. The Kier molecular flexibility index (Phi) is 11.9. The van der Waals surface area contributed by atoms with E-state index in [4.69, 9.17) is 4.74 Å². The smallest absolute Gasteiger partial charge is 0.292 e. The van der Waals surface area contributed by atoms with Crippen LogP contribution in [-0.2, 0) is 22.8 Å². The summed E-state index contributed by atoms with van der Waals surface area (Å²) in [7, 11) is 1.40. The Morgan fingerprint density at radius 1 is 1.15 bits per heavy atom. The van der Waals surface area contributed by atoms with Gasteiger partial charge >= 0.3 is 0 Å². The predicted octanol–water partition coefficient (Wildman–Crippen LogP) is 4.12. The van der Waals surface area contributed by atoms with E-state index < -0.39 is 11.7 Å². The van der Waals surface area contributed by atoms with Gasteiger partial charge in [-0.2, -0.15) is 11.8 Å². The summed E-state index contributed by atoms with van der Waals surface area (Å²) in [6, 6.07) is 8.07. The number of piperazine rings is 1. The van der Waals surface area contributed by atoms with E-state index >= 15 is 0 Å². The lowest BCUT2D eigenvalue weighted by molar-refractivity contribution is -0.116. The average Bonchev–Trinajstić information content (AvgIpc) is 3.30. The van der Waals surface area contributed by atoms with Crippen LogP contribution < -0.4 is 5.32 Å². The van der Waals surface area contributed by atoms with Gasteiger partial charge in [0.2, 0.25) is 0 Å². The number of carbonyl (C=O) groups excluding carboxylic acids is 3. The fourth-order valence-corrected chi connectivity index (χ4v) is 4.82. The molecule has 0 bridgehead atoms. The Morgan fingerprint density at radius 3 is 2.44 bits per heavy atom. The molecular formula is C30H40FN5O4S. The summed E-state index contributed by atoms with van der Waals surface area (Å²) in [5.74, 6) is -1.86. The molecule has 1 atom stereocenters. The molecule has 2 aromatic heterocycles. The van der Waals surface area contributed by atoms with Gasteiger partial charge in [-0.25, -0.2) is 9.37 Å². The molecular weight excluding hydrogens is 545 g/mol.